The predicted octanol–water partition coefficient (Wildman–Crippen LogP) is 3.24. The minimum atomic E-state index is -0.120. The Morgan fingerprint density at radius 1 is 1.40 bits per heavy atom. The summed E-state index contributed by atoms with van der Waals surface area (Å²) in [7, 11) is 0. The van der Waals surface area contributed by atoms with Gasteiger partial charge in [0, 0.05) is 10.3 Å². The van der Waals surface area contributed by atoms with Crippen LogP contribution in [0, 0.1) is 6.92 Å². The molecule has 0 bridgehead atoms. The van der Waals surface area contributed by atoms with Crippen LogP contribution in [0.1, 0.15) is 27.0 Å². The number of hydrogen-bond acceptors (Lipinski definition) is 4. The maximum atomic E-state index is 12.6. The lowest BCUT2D eigenvalue weighted by atomic mass is 10.2. The first kappa shape index (κ1) is 12.9. The molecule has 3 aromatic rings. The molecule has 2 aromatic heterocycles. The van der Waals surface area contributed by atoms with E-state index in [1.165, 1.54) is 26.5 Å². The number of nitrogen functional groups attached to an aromatic ring is 1. The van der Waals surface area contributed by atoms with Crippen LogP contribution in [-0.2, 0) is 6.42 Å². The number of aromatic nitrogens is 2. The lowest BCUT2D eigenvalue weighted by Crippen LogP contribution is -2.12. The number of para-hydroxylation sites is 1. The maximum Gasteiger partial charge on any atom is 0.288 e. The number of aryl methyl sites for hydroxylation is 2. The molecule has 1 aromatic carbocycles. The number of hydrogen-bond donors (Lipinski definition) is 1. The maximum absolute atomic E-state index is 12.6. The van der Waals surface area contributed by atoms with Gasteiger partial charge in [-0.15, -0.1) is 16.4 Å². The molecule has 2 N–H and O–H groups in total. The average Bonchev–Trinajstić information content (AvgIpc) is 3.00. The number of nitrogens with zero attached hydrogens (tertiary/aromatic N) is 2. The largest absolute Gasteiger partial charge is 0.382 e. The second-order valence-electron chi connectivity index (χ2n) is 4.66. The lowest BCUT2D eigenvalue weighted by Gasteiger charge is -1.99. The van der Waals surface area contributed by atoms with E-state index in [1.807, 2.05) is 37.3 Å². The smallest absolute Gasteiger partial charge is 0.288 e. The average molecular weight is 285 g/mol. The molecule has 0 atom stereocenters. The Balaban J connectivity index is 2.12. The van der Waals surface area contributed by atoms with Crippen LogP contribution < -0.4 is 5.73 Å². The highest BCUT2D eigenvalue weighted by Crippen LogP contribution is 2.25. The Morgan fingerprint density at radius 3 is 2.85 bits per heavy atom. The molecule has 0 spiro atoms. The van der Waals surface area contributed by atoms with Gasteiger partial charge in [0.05, 0.1) is 10.4 Å². The monoisotopic (exact) mass is 285 g/mol. The number of benzene rings is 1. The molecule has 0 radical (unpaired) electrons. The van der Waals surface area contributed by atoms with Gasteiger partial charge in [0.2, 0.25) is 0 Å². The molecule has 0 saturated heterocycles. The van der Waals surface area contributed by atoms with Gasteiger partial charge in [-0.25, -0.2) is 0 Å². The molecule has 20 heavy (non-hydrogen) atoms. The van der Waals surface area contributed by atoms with E-state index in [-0.39, 0.29) is 5.91 Å². The molecule has 0 aliphatic rings. The third-order valence-corrected chi connectivity index (χ3v) is 4.50. The van der Waals surface area contributed by atoms with Crippen LogP contribution in [0.2, 0.25) is 0 Å². The fourth-order valence-electron chi connectivity index (χ4n) is 2.33. The quantitative estimate of drug-likeness (QED) is 0.786. The van der Waals surface area contributed by atoms with Gasteiger partial charge in [-0.2, -0.15) is 4.68 Å². The number of rotatable bonds is 2. The summed E-state index contributed by atoms with van der Waals surface area (Å²) in [5.74, 6) is 0.267. The van der Waals surface area contributed by atoms with Gasteiger partial charge in [0.1, 0.15) is 0 Å². The number of thiophene rings is 1. The number of carbonyl (C=O) groups is 1. The molecule has 5 heteroatoms. The lowest BCUT2D eigenvalue weighted by molar-refractivity contribution is 0.0955. The van der Waals surface area contributed by atoms with E-state index >= 15 is 0 Å². The van der Waals surface area contributed by atoms with E-state index in [0.29, 0.717) is 10.7 Å². The number of fused-ring (bicyclic) bond motifs is 1. The van der Waals surface area contributed by atoms with Crippen molar-refractivity contribution in [3.8, 4) is 0 Å². The van der Waals surface area contributed by atoms with Gasteiger partial charge in [0.15, 0.2) is 5.82 Å². The van der Waals surface area contributed by atoms with E-state index in [0.717, 1.165) is 17.3 Å². The van der Waals surface area contributed by atoms with Crippen molar-refractivity contribution in [3.05, 3.63) is 45.6 Å². The van der Waals surface area contributed by atoms with Crippen molar-refractivity contribution in [1.82, 2.24) is 9.78 Å². The molecule has 0 amide bonds. The summed E-state index contributed by atoms with van der Waals surface area (Å²) in [6.45, 7) is 4.13. The van der Waals surface area contributed by atoms with Gasteiger partial charge in [-0.3, -0.25) is 4.79 Å². The Morgan fingerprint density at radius 2 is 2.15 bits per heavy atom. The normalized spacial score (nSPS) is 11.1. The minimum Gasteiger partial charge on any atom is -0.382 e. The van der Waals surface area contributed by atoms with Crippen LogP contribution in [0.4, 0.5) is 5.82 Å². The zero-order valence-corrected chi connectivity index (χ0v) is 12.2. The summed E-state index contributed by atoms with van der Waals surface area (Å²) in [6.07, 6.45) is 0.928. The zero-order chi connectivity index (χ0) is 14.3. The first-order valence-electron chi connectivity index (χ1n) is 6.49. The molecule has 0 fully saturated rings. The van der Waals surface area contributed by atoms with Crippen molar-refractivity contribution in [2.24, 2.45) is 0 Å². The van der Waals surface area contributed by atoms with E-state index < -0.39 is 0 Å². The Kier molecular flexibility index (Phi) is 3.06. The fraction of sp³-hybridized carbons (Fsp3) is 0.200. The van der Waals surface area contributed by atoms with Crippen molar-refractivity contribution < 1.29 is 4.79 Å². The first-order chi connectivity index (χ1) is 9.61. The second kappa shape index (κ2) is 4.76. The molecular weight excluding hydrogens is 270 g/mol. The third kappa shape index (κ3) is 1.91. The first-order valence-corrected chi connectivity index (χ1v) is 7.30. The van der Waals surface area contributed by atoms with Crippen LogP contribution in [0.3, 0.4) is 0 Å². The van der Waals surface area contributed by atoms with Crippen molar-refractivity contribution >= 4 is 34.0 Å². The summed E-state index contributed by atoms with van der Waals surface area (Å²) in [4.78, 5) is 14.5. The highest BCUT2D eigenvalue weighted by Gasteiger charge is 2.18. The van der Waals surface area contributed by atoms with Crippen LogP contribution >= 0.6 is 11.3 Å². The van der Waals surface area contributed by atoms with Crippen LogP contribution in [0.25, 0.3) is 10.9 Å². The highest BCUT2D eigenvalue weighted by molar-refractivity contribution is 7.14. The van der Waals surface area contributed by atoms with E-state index in [4.69, 9.17) is 5.73 Å². The molecule has 4 nitrogen and oxygen atoms in total. The molecule has 0 aliphatic carbocycles. The predicted molar refractivity (Wildman–Crippen MR) is 82.3 cm³/mol. The molecule has 0 aliphatic heterocycles. The summed E-state index contributed by atoms with van der Waals surface area (Å²) < 4.78 is 1.40. The zero-order valence-electron chi connectivity index (χ0n) is 11.4. The van der Waals surface area contributed by atoms with E-state index in [9.17, 15) is 4.79 Å². The number of carbonyl (C=O) groups excluding carboxylic acids is 1. The molecular formula is C15H15N3OS. The summed E-state index contributed by atoms with van der Waals surface area (Å²) in [5, 5.41) is 4.99. The van der Waals surface area contributed by atoms with Gasteiger partial charge in [-0.1, -0.05) is 19.1 Å². The number of anilines is 1. The molecule has 2 heterocycles. The molecule has 3 rings (SSSR count). The van der Waals surface area contributed by atoms with Gasteiger partial charge in [-0.05, 0) is 37.1 Å². The molecule has 0 saturated carbocycles. The van der Waals surface area contributed by atoms with Gasteiger partial charge < -0.3 is 5.73 Å². The van der Waals surface area contributed by atoms with Crippen molar-refractivity contribution in [2.75, 3.05) is 5.73 Å². The van der Waals surface area contributed by atoms with Gasteiger partial charge >= 0.3 is 0 Å². The van der Waals surface area contributed by atoms with Crippen LogP contribution in [0.15, 0.2) is 30.3 Å². The topological polar surface area (TPSA) is 60.9 Å². The van der Waals surface area contributed by atoms with Gasteiger partial charge in [0.25, 0.3) is 5.91 Å². The van der Waals surface area contributed by atoms with E-state index in [1.54, 1.807) is 0 Å². The van der Waals surface area contributed by atoms with Crippen molar-refractivity contribution in [2.45, 2.75) is 20.3 Å². The standard InChI is InChI=1S/C15H15N3OS/c1-3-10-8-13(20-9(10)2)15(19)18-12-7-5-4-6-11(12)14(16)17-18/h4-8H,3H2,1-2H3,(H2,16,17). The second-order valence-corrected chi connectivity index (χ2v) is 5.92. The van der Waals surface area contributed by atoms with E-state index in [2.05, 4.69) is 12.0 Å². The summed E-state index contributed by atoms with van der Waals surface area (Å²) in [5.41, 5.74) is 7.83. The Bertz CT molecular complexity index is 801. The minimum absolute atomic E-state index is 0.120. The molecule has 0 unspecified atom stereocenters. The van der Waals surface area contributed by atoms with Crippen molar-refractivity contribution in [1.29, 1.82) is 0 Å². The number of nitrogens with two attached hydrogens (primary N) is 1. The van der Waals surface area contributed by atoms with Crippen LogP contribution in [-0.4, -0.2) is 15.7 Å². The fourth-order valence-corrected chi connectivity index (χ4v) is 3.37. The third-order valence-electron chi connectivity index (χ3n) is 3.42. The summed E-state index contributed by atoms with van der Waals surface area (Å²) >= 11 is 1.51. The van der Waals surface area contributed by atoms with Crippen LogP contribution in [0.5, 0.6) is 0 Å². The Labute approximate surface area is 120 Å². The van der Waals surface area contributed by atoms with Crippen molar-refractivity contribution in [3.63, 3.8) is 0 Å². The molecule has 102 valence electrons. The SMILES string of the molecule is CCc1cc(C(=O)n2nc(N)c3ccccc32)sc1C. The highest BCUT2D eigenvalue weighted by atomic mass is 32.1. The Hall–Kier alpha value is -2.14. The summed E-state index contributed by atoms with van der Waals surface area (Å²) in [6, 6.07) is 9.45.